The molecule has 8 nitrogen and oxygen atoms in total. The molecule has 21 heavy (non-hydrogen) atoms. The van der Waals surface area contributed by atoms with Crippen LogP contribution in [0.15, 0.2) is 16.9 Å². The maximum absolute atomic E-state index is 12.4. The first-order valence-corrected chi connectivity index (χ1v) is 7.24. The third-order valence-electron chi connectivity index (χ3n) is 3.41. The average molecular weight is 354 g/mol. The van der Waals surface area contributed by atoms with E-state index in [1.54, 1.807) is 12.4 Å². The summed E-state index contributed by atoms with van der Waals surface area (Å²) in [6.45, 7) is 0.718. The predicted octanol–water partition coefficient (Wildman–Crippen LogP) is 0.824. The Bertz CT molecular complexity index is 716. The molecule has 1 amide bonds. The fraction of sp³-hybridized carbons (Fsp3) is 0.417. The highest BCUT2D eigenvalue weighted by atomic mass is 79.9. The molecular formula is C12H12BrN5O3. The van der Waals surface area contributed by atoms with Gasteiger partial charge in [-0.15, -0.1) is 5.10 Å². The predicted molar refractivity (Wildman–Crippen MR) is 74.7 cm³/mol. The Morgan fingerprint density at radius 3 is 3.00 bits per heavy atom. The third kappa shape index (κ3) is 2.73. The number of hydrogen-bond donors (Lipinski definition) is 1. The van der Waals surface area contributed by atoms with Gasteiger partial charge in [0.2, 0.25) is 5.82 Å². The zero-order chi connectivity index (χ0) is 15.0. The summed E-state index contributed by atoms with van der Waals surface area (Å²) in [5, 5.41) is 13.2. The van der Waals surface area contributed by atoms with Crippen LogP contribution in [0.4, 0.5) is 0 Å². The standard InChI is InChI=1S/C12H12BrN5O3/c13-8-4-14-12-15-9(16-18(12)6-8)10(19)17-3-1-2-7(5-17)11(20)21/h4,6-7H,1-3,5H2,(H,20,21). The van der Waals surface area contributed by atoms with Gasteiger partial charge in [0.1, 0.15) is 0 Å². The van der Waals surface area contributed by atoms with E-state index in [2.05, 4.69) is 31.0 Å². The Morgan fingerprint density at radius 1 is 1.43 bits per heavy atom. The maximum atomic E-state index is 12.4. The van der Waals surface area contributed by atoms with Crippen molar-refractivity contribution < 1.29 is 14.7 Å². The molecule has 110 valence electrons. The van der Waals surface area contributed by atoms with E-state index in [1.807, 2.05) is 0 Å². The molecule has 0 aliphatic carbocycles. The van der Waals surface area contributed by atoms with Gasteiger partial charge in [-0.3, -0.25) is 9.59 Å². The molecule has 3 rings (SSSR count). The fourth-order valence-corrected chi connectivity index (χ4v) is 2.65. The number of carboxylic acid groups (broad SMARTS) is 1. The van der Waals surface area contributed by atoms with Crippen LogP contribution >= 0.6 is 15.9 Å². The lowest BCUT2D eigenvalue weighted by atomic mass is 9.98. The summed E-state index contributed by atoms with van der Waals surface area (Å²) in [5.41, 5.74) is 0. The summed E-state index contributed by atoms with van der Waals surface area (Å²) >= 11 is 3.27. The molecule has 1 unspecified atom stereocenters. The van der Waals surface area contributed by atoms with Crippen LogP contribution in [0, 0.1) is 5.92 Å². The van der Waals surface area contributed by atoms with Crippen molar-refractivity contribution in [2.45, 2.75) is 12.8 Å². The number of nitrogens with zero attached hydrogens (tertiary/aromatic N) is 5. The van der Waals surface area contributed by atoms with Crippen LogP contribution in [0.2, 0.25) is 0 Å². The third-order valence-corrected chi connectivity index (χ3v) is 3.82. The van der Waals surface area contributed by atoms with Crippen LogP contribution in [0.3, 0.4) is 0 Å². The van der Waals surface area contributed by atoms with Crippen molar-refractivity contribution in [3.8, 4) is 0 Å². The van der Waals surface area contributed by atoms with Gasteiger partial charge in [-0.05, 0) is 28.8 Å². The first kappa shape index (κ1) is 13.9. The normalized spacial score (nSPS) is 18.9. The van der Waals surface area contributed by atoms with E-state index in [4.69, 9.17) is 5.11 Å². The van der Waals surface area contributed by atoms with Crippen molar-refractivity contribution in [3.63, 3.8) is 0 Å². The molecule has 0 saturated carbocycles. The Balaban J connectivity index is 1.84. The van der Waals surface area contributed by atoms with Crippen LogP contribution < -0.4 is 0 Å². The molecule has 9 heteroatoms. The van der Waals surface area contributed by atoms with E-state index in [-0.39, 0.29) is 18.3 Å². The lowest BCUT2D eigenvalue weighted by Crippen LogP contribution is -2.42. The molecule has 1 aliphatic rings. The highest BCUT2D eigenvalue weighted by molar-refractivity contribution is 9.10. The Kier molecular flexibility index (Phi) is 3.58. The van der Waals surface area contributed by atoms with E-state index in [0.717, 1.165) is 4.47 Å². The lowest BCUT2D eigenvalue weighted by molar-refractivity contribution is -0.143. The SMILES string of the molecule is O=C(O)C1CCCN(C(=O)c2nc3ncc(Br)cn3n2)C1. The quantitative estimate of drug-likeness (QED) is 0.857. The number of hydrogen-bond acceptors (Lipinski definition) is 5. The molecule has 1 atom stereocenters. The van der Waals surface area contributed by atoms with E-state index in [1.165, 1.54) is 9.42 Å². The first-order valence-electron chi connectivity index (χ1n) is 6.44. The molecule has 2 aromatic rings. The van der Waals surface area contributed by atoms with Gasteiger partial charge in [-0.1, -0.05) is 0 Å². The molecule has 0 spiro atoms. The van der Waals surface area contributed by atoms with Gasteiger partial charge in [0, 0.05) is 25.5 Å². The zero-order valence-electron chi connectivity index (χ0n) is 10.9. The minimum absolute atomic E-state index is 0.0339. The second-order valence-corrected chi connectivity index (χ2v) is 5.80. The number of halogens is 1. The number of piperidine rings is 1. The van der Waals surface area contributed by atoms with Crippen LogP contribution in [0.5, 0.6) is 0 Å². The van der Waals surface area contributed by atoms with Crippen LogP contribution in [-0.4, -0.2) is 54.6 Å². The summed E-state index contributed by atoms with van der Waals surface area (Å²) in [5.74, 6) is -1.39. The number of aromatic nitrogens is 4. The van der Waals surface area contributed by atoms with Crippen molar-refractivity contribution in [2.24, 2.45) is 5.92 Å². The number of carbonyl (C=O) groups excluding carboxylic acids is 1. The second-order valence-electron chi connectivity index (χ2n) is 4.88. The average Bonchev–Trinajstić information content (AvgIpc) is 2.89. The number of rotatable bonds is 2. The van der Waals surface area contributed by atoms with Gasteiger partial charge in [0.05, 0.1) is 10.4 Å². The molecule has 2 aromatic heterocycles. The van der Waals surface area contributed by atoms with Crippen molar-refractivity contribution in [1.82, 2.24) is 24.5 Å². The molecular weight excluding hydrogens is 342 g/mol. The Morgan fingerprint density at radius 2 is 2.24 bits per heavy atom. The van der Waals surface area contributed by atoms with Crippen LogP contribution in [0.25, 0.3) is 5.78 Å². The highest BCUT2D eigenvalue weighted by Crippen LogP contribution is 2.18. The summed E-state index contributed by atoms with van der Waals surface area (Å²) in [6, 6.07) is 0. The molecule has 1 N–H and O–H groups in total. The number of amides is 1. The number of likely N-dealkylation sites (tertiary alicyclic amines) is 1. The Labute approximate surface area is 127 Å². The second kappa shape index (κ2) is 5.40. The van der Waals surface area contributed by atoms with Gasteiger partial charge in [-0.2, -0.15) is 4.98 Å². The van der Waals surface area contributed by atoms with Crippen LogP contribution in [0.1, 0.15) is 23.5 Å². The summed E-state index contributed by atoms with van der Waals surface area (Å²) in [4.78, 5) is 33.0. The minimum Gasteiger partial charge on any atom is -0.481 e. The summed E-state index contributed by atoms with van der Waals surface area (Å²) < 4.78 is 2.14. The van der Waals surface area contributed by atoms with Gasteiger partial charge in [0.15, 0.2) is 0 Å². The number of aliphatic carboxylic acids is 1. The van der Waals surface area contributed by atoms with E-state index >= 15 is 0 Å². The zero-order valence-corrected chi connectivity index (χ0v) is 12.5. The molecule has 1 fully saturated rings. The van der Waals surface area contributed by atoms with Gasteiger partial charge in [0.25, 0.3) is 11.7 Å². The number of carboxylic acids is 1. The monoisotopic (exact) mass is 353 g/mol. The van der Waals surface area contributed by atoms with Gasteiger partial charge >= 0.3 is 5.97 Å². The van der Waals surface area contributed by atoms with Crippen molar-refractivity contribution in [2.75, 3.05) is 13.1 Å². The molecule has 0 bridgehead atoms. The largest absolute Gasteiger partial charge is 0.481 e. The molecule has 1 aliphatic heterocycles. The van der Waals surface area contributed by atoms with Crippen molar-refractivity contribution >= 4 is 33.6 Å². The van der Waals surface area contributed by atoms with Gasteiger partial charge < -0.3 is 10.0 Å². The smallest absolute Gasteiger partial charge is 0.308 e. The number of fused-ring (bicyclic) bond motifs is 1. The topological polar surface area (TPSA) is 101 Å². The lowest BCUT2D eigenvalue weighted by Gasteiger charge is -2.29. The highest BCUT2D eigenvalue weighted by Gasteiger charge is 2.30. The fourth-order valence-electron chi connectivity index (χ4n) is 2.35. The molecule has 1 saturated heterocycles. The molecule has 0 aromatic carbocycles. The van der Waals surface area contributed by atoms with Crippen LogP contribution in [-0.2, 0) is 4.79 Å². The molecule has 0 radical (unpaired) electrons. The number of carbonyl (C=O) groups is 2. The van der Waals surface area contributed by atoms with Crippen molar-refractivity contribution in [3.05, 3.63) is 22.7 Å². The van der Waals surface area contributed by atoms with E-state index < -0.39 is 11.9 Å². The molecule has 3 heterocycles. The maximum Gasteiger partial charge on any atom is 0.308 e. The first-order chi connectivity index (χ1) is 10.0. The minimum atomic E-state index is -0.874. The van der Waals surface area contributed by atoms with Gasteiger partial charge in [-0.25, -0.2) is 9.50 Å². The summed E-state index contributed by atoms with van der Waals surface area (Å²) in [6.07, 6.45) is 4.48. The van der Waals surface area contributed by atoms with Crippen molar-refractivity contribution in [1.29, 1.82) is 0 Å². The van der Waals surface area contributed by atoms with E-state index in [9.17, 15) is 9.59 Å². The summed E-state index contributed by atoms with van der Waals surface area (Å²) in [7, 11) is 0. The van der Waals surface area contributed by atoms with E-state index in [0.29, 0.717) is 25.2 Å². The Hall–Kier alpha value is -2.03.